The summed E-state index contributed by atoms with van der Waals surface area (Å²) >= 11 is 5.95. The summed E-state index contributed by atoms with van der Waals surface area (Å²) in [6.07, 6.45) is 3.67. The molecule has 0 aliphatic heterocycles. The van der Waals surface area contributed by atoms with Crippen LogP contribution in [0.3, 0.4) is 0 Å². The molecule has 3 aromatic carbocycles. The molecule has 130 valence electrons. The molecule has 27 heavy (non-hydrogen) atoms. The fourth-order valence-electron chi connectivity index (χ4n) is 2.90. The molecular formula is C24H17ClN2. The molecule has 0 unspecified atom stereocenters. The van der Waals surface area contributed by atoms with Crippen LogP contribution < -0.4 is 0 Å². The second-order valence-electron chi connectivity index (χ2n) is 6.12. The lowest BCUT2D eigenvalue weighted by Gasteiger charge is -2.03. The Morgan fingerprint density at radius 2 is 1.37 bits per heavy atom. The lowest BCUT2D eigenvalue weighted by molar-refractivity contribution is 1.36. The first-order valence-electron chi connectivity index (χ1n) is 8.70. The maximum atomic E-state index is 5.95. The first-order chi connectivity index (χ1) is 13.3. The van der Waals surface area contributed by atoms with E-state index in [2.05, 4.69) is 40.3 Å². The van der Waals surface area contributed by atoms with Crippen LogP contribution in [0.1, 0.15) is 0 Å². The third-order valence-electron chi connectivity index (χ3n) is 4.27. The van der Waals surface area contributed by atoms with Crippen molar-refractivity contribution < 1.29 is 0 Å². The van der Waals surface area contributed by atoms with Crippen molar-refractivity contribution in [1.82, 2.24) is 9.97 Å². The molecule has 0 aliphatic rings. The molecule has 2 nitrogen and oxygen atoms in total. The van der Waals surface area contributed by atoms with Gasteiger partial charge in [-0.2, -0.15) is 0 Å². The molecule has 0 aliphatic carbocycles. The van der Waals surface area contributed by atoms with E-state index in [1.54, 1.807) is 0 Å². The van der Waals surface area contributed by atoms with Crippen molar-refractivity contribution in [2.75, 3.05) is 0 Å². The highest BCUT2D eigenvalue weighted by Gasteiger charge is 2.01. The van der Waals surface area contributed by atoms with Gasteiger partial charge in [-0.15, -0.1) is 0 Å². The number of pyridine rings is 2. The van der Waals surface area contributed by atoms with E-state index in [0.717, 1.165) is 32.6 Å². The van der Waals surface area contributed by atoms with E-state index in [4.69, 9.17) is 11.6 Å². The minimum absolute atomic E-state index is 0.742. The van der Waals surface area contributed by atoms with Crippen LogP contribution in [0.25, 0.3) is 32.9 Å². The number of aromatic nitrogens is 2. The molecule has 0 saturated heterocycles. The molecule has 0 amide bonds. The number of hydrogen-bond donors (Lipinski definition) is 0. The summed E-state index contributed by atoms with van der Waals surface area (Å²) in [5, 5.41) is 4.16. The molecule has 0 saturated carbocycles. The Morgan fingerprint density at radius 3 is 2.22 bits per heavy atom. The van der Waals surface area contributed by atoms with Gasteiger partial charge < -0.3 is 0 Å². The standard InChI is InChI=1S/C15H10ClN.C9H7N/c16-14-7-6-12-9-15(17-10-13(12)8-14)11-4-2-1-3-5-11;1-2-6-9-8(4-1)5-3-7-10-9/h1-10H;1-7H. The summed E-state index contributed by atoms with van der Waals surface area (Å²) in [6.45, 7) is 0. The molecule has 5 rings (SSSR count). The van der Waals surface area contributed by atoms with Crippen LogP contribution in [0, 0.1) is 0 Å². The summed E-state index contributed by atoms with van der Waals surface area (Å²) in [5.41, 5.74) is 3.18. The highest BCUT2D eigenvalue weighted by molar-refractivity contribution is 6.31. The average molecular weight is 369 g/mol. The summed E-state index contributed by atoms with van der Waals surface area (Å²) in [4.78, 5) is 8.64. The van der Waals surface area contributed by atoms with Crippen LogP contribution in [-0.2, 0) is 0 Å². The average Bonchev–Trinajstić information content (AvgIpc) is 2.74. The van der Waals surface area contributed by atoms with Gasteiger partial charge in [-0.25, -0.2) is 0 Å². The van der Waals surface area contributed by atoms with Crippen molar-refractivity contribution in [2.45, 2.75) is 0 Å². The zero-order chi connectivity index (χ0) is 18.5. The highest BCUT2D eigenvalue weighted by Crippen LogP contribution is 2.23. The highest BCUT2D eigenvalue weighted by atomic mass is 35.5. The third kappa shape index (κ3) is 4.13. The molecule has 0 spiro atoms. The lowest BCUT2D eigenvalue weighted by Crippen LogP contribution is -1.83. The van der Waals surface area contributed by atoms with Crippen LogP contribution >= 0.6 is 11.6 Å². The van der Waals surface area contributed by atoms with E-state index < -0.39 is 0 Å². The topological polar surface area (TPSA) is 25.8 Å². The zero-order valence-electron chi connectivity index (χ0n) is 14.6. The molecule has 0 N–H and O–H groups in total. The second kappa shape index (κ2) is 7.98. The number of para-hydroxylation sites is 1. The fourth-order valence-corrected chi connectivity index (χ4v) is 3.08. The zero-order valence-corrected chi connectivity index (χ0v) is 15.3. The Balaban J connectivity index is 0.000000153. The molecule has 5 aromatic rings. The van der Waals surface area contributed by atoms with Crippen LogP contribution in [0.15, 0.2) is 103 Å². The van der Waals surface area contributed by atoms with Gasteiger partial charge in [0, 0.05) is 33.8 Å². The monoisotopic (exact) mass is 368 g/mol. The van der Waals surface area contributed by atoms with Gasteiger partial charge in [0.05, 0.1) is 11.2 Å². The van der Waals surface area contributed by atoms with E-state index in [1.165, 1.54) is 5.39 Å². The smallest absolute Gasteiger partial charge is 0.0708 e. The van der Waals surface area contributed by atoms with Gasteiger partial charge in [0.2, 0.25) is 0 Å². The van der Waals surface area contributed by atoms with Gasteiger partial charge in [-0.3, -0.25) is 9.97 Å². The summed E-state index contributed by atoms with van der Waals surface area (Å²) in [5.74, 6) is 0. The minimum Gasteiger partial charge on any atom is -0.256 e. The molecule has 0 radical (unpaired) electrons. The first kappa shape index (κ1) is 17.2. The Bertz CT molecular complexity index is 1120. The van der Waals surface area contributed by atoms with E-state index in [0.29, 0.717) is 0 Å². The summed E-state index contributed by atoms with van der Waals surface area (Å²) in [7, 11) is 0. The number of benzene rings is 3. The van der Waals surface area contributed by atoms with Gasteiger partial charge in [0.15, 0.2) is 0 Å². The molecule has 3 heteroatoms. The van der Waals surface area contributed by atoms with Crippen molar-refractivity contribution in [3.63, 3.8) is 0 Å². The van der Waals surface area contributed by atoms with Crippen molar-refractivity contribution in [3.8, 4) is 11.3 Å². The van der Waals surface area contributed by atoms with Gasteiger partial charge in [-0.1, -0.05) is 72.3 Å². The van der Waals surface area contributed by atoms with Crippen molar-refractivity contribution in [1.29, 1.82) is 0 Å². The third-order valence-corrected chi connectivity index (χ3v) is 4.50. The van der Waals surface area contributed by atoms with E-state index in [9.17, 15) is 0 Å². The Morgan fingerprint density at radius 1 is 0.593 bits per heavy atom. The molecule has 0 fully saturated rings. The molecule has 2 heterocycles. The largest absolute Gasteiger partial charge is 0.256 e. The van der Waals surface area contributed by atoms with Crippen molar-refractivity contribution in [2.24, 2.45) is 0 Å². The minimum atomic E-state index is 0.742. The predicted molar refractivity (Wildman–Crippen MR) is 114 cm³/mol. The Labute approximate surface area is 163 Å². The van der Waals surface area contributed by atoms with E-state index in [-0.39, 0.29) is 0 Å². The Kier molecular flexibility index (Phi) is 5.08. The summed E-state index contributed by atoms with van der Waals surface area (Å²) < 4.78 is 0. The maximum Gasteiger partial charge on any atom is 0.0708 e. The second-order valence-corrected chi connectivity index (χ2v) is 6.56. The summed E-state index contributed by atoms with van der Waals surface area (Å²) in [6, 6.07) is 30.2. The number of halogens is 1. The predicted octanol–water partition coefficient (Wildman–Crippen LogP) is 6.79. The Hall–Kier alpha value is -3.23. The van der Waals surface area contributed by atoms with Crippen LogP contribution in [0.4, 0.5) is 0 Å². The molecule has 0 atom stereocenters. The van der Waals surface area contributed by atoms with Crippen molar-refractivity contribution >= 4 is 33.3 Å². The van der Waals surface area contributed by atoms with Crippen LogP contribution in [0.2, 0.25) is 5.02 Å². The SMILES string of the molecule is Clc1ccc2cc(-c3ccccc3)ncc2c1.c1ccc2ncccc2c1. The van der Waals surface area contributed by atoms with E-state index >= 15 is 0 Å². The van der Waals surface area contributed by atoms with Gasteiger partial charge in [0.1, 0.15) is 0 Å². The quantitative estimate of drug-likeness (QED) is 0.325. The number of rotatable bonds is 1. The maximum absolute atomic E-state index is 5.95. The van der Waals surface area contributed by atoms with Gasteiger partial charge in [-0.05, 0) is 35.7 Å². The van der Waals surface area contributed by atoms with E-state index in [1.807, 2.05) is 73.1 Å². The van der Waals surface area contributed by atoms with Crippen LogP contribution in [-0.4, -0.2) is 9.97 Å². The molecular weight excluding hydrogens is 352 g/mol. The molecule has 0 bridgehead atoms. The molecule has 2 aromatic heterocycles. The van der Waals surface area contributed by atoms with Crippen LogP contribution in [0.5, 0.6) is 0 Å². The normalized spacial score (nSPS) is 10.4. The van der Waals surface area contributed by atoms with Gasteiger partial charge >= 0.3 is 0 Å². The fraction of sp³-hybridized carbons (Fsp3) is 0. The van der Waals surface area contributed by atoms with Crippen molar-refractivity contribution in [3.05, 3.63) is 108 Å². The number of hydrogen-bond acceptors (Lipinski definition) is 2. The number of fused-ring (bicyclic) bond motifs is 2. The first-order valence-corrected chi connectivity index (χ1v) is 9.08. The lowest BCUT2D eigenvalue weighted by atomic mass is 10.1. The van der Waals surface area contributed by atoms with Gasteiger partial charge in [0.25, 0.3) is 0 Å². The number of nitrogens with zero attached hydrogens (tertiary/aromatic N) is 2.